The zero-order valence-corrected chi connectivity index (χ0v) is 12.5. The summed E-state index contributed by atoms with van der Waals surface area (Å²) in [6, 6.07) is 9.85. The quantitative estimate of drug-likeness (QED) is 0.843. The number of hydrogen-bond donors (Lipinski definition) is 0. The molecule has 3 nitrogen and oxygen atoms in total. The lowest BCUT2D eigenvalue weighted by molar-refractivity contribution is -0.142. The molecule has 1 aliphatic rings. The van der Waals surface area contributed by atoms with Gasteiger partial charge in [0.15, 0.2) is 5.78 Å². The molecule has 1 aromatic carbocycles. The van der Waals surface area contributed by atoms with Crippen molar-refractivity contribution in [1.29, 1.82) is 0 Å². The summed E-state index contributed by atoms with van der Waals surface area (Å²) >= 11 is 0. The van der Waals surface area contributed by atoms with E-state index < -0.39 is 0 Å². The first-order chi connectivity index (χ1) is 9.56. The predicted octanol–water partition coefficient (Wildman–Crippen LogP) is 3.35. The molecule has 108 valence electrons. The third kappa shape index (κ3) is 2.77. The van der Waals surface area contributed by atoms with E-state index >= 15 is 0 Å². The first kappa shape index (κ1) is 14.8. The normalized spacial score (nSPS) is 22.3. The molecule has 0 aromatic heterocycles. The van der Waals surface area contributed by atoms with Crippen molar-refractivity contribution in [2.45, 2.75) is 52.1 Å². The molecule has 1 aromatic rings. The monoisotopic (exact) mass is 273 g/mol. The third-order valence-corrected chi connectivity index (χ3v) is 4.04. The first-order valence-electron chi connectivity index (χ1n) is 7.46. The summed E-state index contributed by atoms with van der Waals surface area (Å²) in [5.74, 6) is 0.187. The van der Waals surface area contributed by atoms with Crippen molar-refractivity contribution >= 4 is 11.7 Å². The van der Waals surface area contributed by atoms with Crippen molar-refractivity contribution in [2.24, 2.45) is 5.92 Å². The van der Waals surface area contributed by atoms with Gasteiger partial charge < -0.3 is 4.90 Å². The Kier molecular flexibility index (Phi) is 4.58. The van der Waals surface area contributed by atoms with E-state index in [2.05, 4.69) is 0 Å². The molecular weight excluding hydrogens is 250 g/mol. The molecule has 1 aliphatic heterocycles. The van der Waals surface area contributed by atoms with Gasteiger partial charge in [-0.1, -0.05) is 51.1 Å². The average Bonchev–Trinajstić information content (AvgIpc) is 2.91. The summed E-state index contributed by atoms with van der Waals surface area (Å²) in [5.41, 5.74) is 1.13. The fourth-order valence-corrected chi connectivity index (χ4v) is 2.97. The molecule has 0 radical (unpaired) electrons. The van der Waals surface area contributed by atoms with Gasteiger partial charge in [0.05, 0.1) is 12.1 Å². The first-order valence-corrected chi connectivity index (χ1v) is 7.46. The Hall–Kier alpha value is -1.64. The lowest BCUT2D eigenvalue weighted by atomic mass is 10.0. The molecule has 0 N–H and O–H groups in total. The number of carbonyl (C=O) groups is 2. The minimum Gasteiger partial charge on any atom is -0.325 e. The van der Waals surface area contributed by atoms with E-state index in [9.17, 15) is 9.59 Å². The van der Waals surface area contributed by atoms with Gasteiger partial charge in [0.1, 0.15) is 0 Å². The fourth-order valence-electron chi connectivity index (χ4n) is 2.97. The summed E-state index contributed by atoms with van der Waals surface area (Å²) in [4.78, 5) is 26.5. The number of amides is 1. The molecule has 3 heteroatoms. The van der Waals surface area contributed by atoms with Crippen LogP contribution in [-0.2, 0) is 9.59 Å². The third-order valence-electron chi connectivity index (χ3n) is 4.04. The minimum atomic E-state index is -0.236. The highest BCUT2D eigenvalue weighted by Crippen LogP contribution is 2.37. The number of carbonyl (C=O) groups excluding carboxylic acids is 2. The summed E-state index contributed by atoms with van der Waals surface area (Å²) in [6.07, 6.45) is 2.15. The van der Waals surface area contributed by atoms with E-state index in [4.69, 9.17) is 0 Å². The second-order valence-corrected chi connectivity index (χ2v) is 5.74. The molecule has 0 saturated carbocycles. The predicted molar refractivity (Wildman–Crippen MR) is 79.2 cm³/mol. The fraction of sp³-hybridized carbons (Fsp3) is 0.529. The van der Waals surface area contributed by atoms with E-state index in [0.717, 1.165) is 18.4 Å². The zero-order chi connectivity index (χ0) is 14.7. The molecule has 1 saturated heterocycles. The van der Waals surface area contributed by atoms with Gasteiger partial charge in [0.2, 0.25) is 5.91 Å². The van der Waals surface area contributed by atoms with Gasteiger partial charge in [0.25, 0.3) is 0 Å². The molecule has 20 heavy (non-hydrogen) atoms. The van der Waals surface area contributed by atoms with Crippen LogP contribution in [-0.4, -0.2) is 22.6 Å². The molecule has 2 atom stereocenters. The van der Waals surface area contributed by atoms with Crippen LogP contribution in [0.2, 0.25) is 0 Å². The summed E-state index contributed by atoms with van der Waals surface area (Å²) in [7, 11) is 0. The van der Waals surface area contributed by atoms with E-state index in [-0.39, 0.29) is 29.7 Å². The molecule has 0 bridgehead atoms. The molecule has 2 unspecified atom stereocenters. The smallest absolute Gasteiger partial charge is 0.226 e. The van der Waals surface area contributed by atoms with Crippen LogP contribution >= 0.6 is 0 Å². The summed E-state index contributed by atoms with van der Waals surface area (Å²) in [6.45, 7) is 5.67. The Morgan fingerprint density at radius 3 is 2.40 bits per heavy atom. The SMILES string of the molecule is CCC(=O)C1CCC(c2ccccc2)N1C(=O)C(C)C. The van der Waals surface area contributed by atoms with Crippen LogP contribution in [0.15, 0.2) is 30.3 Å². The lowest BCUT2D eigenvalue weighted by Crippen LogP contribution is -2.43. The van der Waals surface area contributed by atoms with Crippen LogP contribution in [0.3, 0.4) is 0 Å². The largest absolute Gasteiger partial charge is 0.325 e. The maximum absolute atomic E-state index is 12.5. The van der Waals surface area contributed by atoms with Crippen LogP contribution in [0.25, 0.3) is 0 Å². The Balaban J connectivity index is 2.33. The number of likely N-dealkylation sites (tertiary alicyclic amines) is 1. The molecule has 1 fully saturated rings. The average molecular weight is 273 g/mol. The van der Waals surface area contributed by atoms with Gasteiger partial charge in [-0.25, -0.2) is 0 Å². The second kappa shape index (κ2) is 6.21. The van der Waals surface area contributed by atoms with Gasteiger partial charge >= 0.3 is 0 Å². The highest BCUT2D eigenvalue weighted by Gasteiger charge is 2.41. The van der Waals surface area contributed by atoms with Gasteiger partial charge in [-0.3, -0.25) is 9.59 Å². The molecule has 0 aliphatic carbocycles. The number of nitrogens with zero attached hydrogens (tertiary/aromatic N) is 1. The molecular formula is C17H23NO2. The lowest BCUT2D eigenvalue weighted by Gasteiger charge is -2.31. The topological polar surface area (TPSA) is 37.4 Å². The van der Waals surface area contributed by atoms with E-state index in [1.807, 2.05) is 56.0 Å². The van der Waals surface area contributed by atoms with Crippen LogP contribution < -0.4 is 0 Å². The minimum absolute atomic E-state index is 0.0478. The standard InChI is InChI=1S/C17H23NO2/c1-4-16(19)15-11-10-14(13-8-6-5-7-9-13)18(15)17(20)12(2)3/h5-9,12,14-15H,4,10-11H2,1-3H3. The maximum atomic E-state index is 12.5. The molecule has 1 heterocycles. The van der Waals surface area contributed by atoms with Crippen LogP contribution in [0.1, 0.15) is 51.6 Å². The van der Waals surface area contributed by atoms with Crippen molar-refractivity contribution in [3.63, 3.8) is 0 Å². The summed E-state index contributed by atoms with van der Waals surface area (Å²) in [5, 5.41) is 0. The zero-order valence-electron chi connectivity index (χ0n) is 12.5. The number of ketones is 1. The Morgan fingerprint density at radius 1 is 1.20 bits per heavy atom. The second-order valence-electron chi connectivity index (χ2n) is 5.74. The van der Waals surface area contributed by atoms with E-state index in [1.165, 1.54) is 0 Å². The van der Waals surface area contributed by atoms with Crippen LogP contribution in [0.4, 0.5) is 0 Å². The number of Topliss-reactive ketones (excluding diaryl/α,β-unsaturated/α-hetero) is 1. The van der Waals surface area contributed by atoms with Gasteiger partial charge in [-0.15, -0.1) is 0 Å². The van der Waals surface area contributed by atoms with Crippen LogP contribution in [0, 0.1) is 5.92 Å². The Bertz CT molecular complexity index is 481. The maximum Gasteiger partial charge on any atom is 0.226 e. The Morgan fingerprint density at radius 2 is 1.85 bits per heavy atom. The highest BCUT2D eigenvalue weighted by atomic mass is 16.2. The van der Waals surface area contributed by atoms with Crippen molar-refractivity contribution in [3.05, 3.63) is 35.9 Å². The van der Waals surface area contributed by atoms with E-state index in [1.54, 1.807) is 0 Å². The number of hydrogen-bond acceptors (Lipinski definition) is 2. The van der Waals surface area contributed by atoms with Gasteiger partial charge in [-0.05, 0) is 18.4 Å². The van der Waals surface area contributed by atoms with E-state index in [0.29, 0.717) is 6.42 Å². The van der Waals surface area contributed by atoms with Gasteiger partial charge in [0, 0.05) is 12.3 Å². The van der Waals surface area contributed by atoms with Crippen molar-refractivity contribution in [1.82, 2.24) is 4.90 Å². The van der Waals surface area contributed by atoms with Gasteiger partial charge in [-0.2, -0.15) is 0 Å². The number of rotatable bonds is 4. The highest BCUT2D eigenvalue weighted by molar-refractivity contribution is 5.90. The molecule has 0 spiro atoms. The molecule has 1 amide bonds. The van der Waals surface area contributed by atoms with Crippen molar-refractivity contribution < 1.29 is 9.59 Å². The van der Waals surface area contributed by atoms with Crippen molar-refractivity contribution in [2.75, 3.05) is 0 Å². The van der Waals surface area contributed by atoms with Crippen molar-refractivity contribution in [3.8, 4) is 0 Å². The number of benzene rings is 1. The molecule has 2 rings (SSSR count). The summed E-state index contributed by atoms with van der Waals surface area (Å²) < 4.78 is 0. The van der Waals surface area contributed by atoms with Crippen LogP contribution in [0.5, 0.6) is 0 Å². The Labute approximate surface area is 121 Å².